The second-order valence-corrected chi connectivity index (χ2v) is 5.56. The fourth-order valence-electron chi connectivity index (χ4n) is 1.91. The molecule has 1 atom stereocenters. The molecule has 0 amide bonds. The quantitative estimate of drug-likeness (QED) is 0.837. The van der Waals surface area contributed by atoms with Crippen LogP contribution >= 0.6 is 23.2 Å². The molecule has 2 nitrogen and oxygen atoms in total. The summed E-state index contributed by atoms with van der Waals surface area (Å²) in [6.45, 7) is 2.07. The highest BCUT2D eigenvalue weighted by atomic mass is 35.5. The average molecular weight is 310 g/mol. The number of benzene rings is 2. The molecule has 0 aliphatic heterocycles. The van der Waals surface area contributed by atoms with Crippen molar-refractivity contribution in [2.45, 2.75) is 25.8 Å². The molecule has 0 spiro atoms. The molecule has 4 heteroatoms. The zero-order chi connectivity index (χ0) is 14.5. The van der Waals surface area contributed by atoms with E-state index >= 15 is 0 Å². The molecule has 20 heavy (non-hydrogen) atoms. The van der Waals surface area contributed by atoms with Crippen molar-refractivity contribution in [2.75, 3.05) is 0 Å². The van der Waals surface area contributed by atoms with Gasteiger partial charge in [-0.05, 0) is 42.7 Å². The summed E-state index contributed by atoms with van der Waals surface area (Å²) in [5.74, 6) is 1.41. The number of nitrogens with two attached hydrogens (primary N) is 1. The topological polar surface area (TPSA) is 35.2 Å². The Balaban J connectivity index is 2.24. The van der Waals surface area contributed by atoms with Crippen molar-refractivity contribution in [3.05, 3.63) is 58.1 Å². The maximum absolute atomic E-state index is 6.02. The molecule has 0 saturated carbocycles. The monoisotopic (exact) mass is 309 g/mol. The first-order chi connectivity index (χ1) is 9.58. The highest BCUT2D eigenvalue weighted by Crippen LogP contribution is 2.30. The fourth-order valence-corrected chi connectivity index (χ4v) is 2.42. The van der Waals surface area contributed by atoms with Gasteiger partial charge in [0.25, 0.3) is 0 Å². The zero-order valence-corrected chi connectivity index (χ0v) is 12.8. The van der Waals surface area contributed by atoms with Crippen LogP contribution in [0.1, 0.15) is 18.9 Å². The van der Waals surface area contributed by atoms with E-state index < -0.39 is 0 Å². The first kappa shape index (κ1) is 15.2. The van der Waals surface area contributed by atoms with Gasteiger partial charge in [0.05, 0.1) is 0 Å². The Kier molecular flexibility index (Phi) is 5.30. The number of rotatable bonds is 5. The molecule has 2 aromatic carbocycles. The lowest BCUT2D eigenvalue weighted by molar-refractivity contribution is 0.472. The van der Waals surface area contributed by atoms with Gasteiger partial charge in [-0.3, -0.25) is 0 Å². The Bertz CT molecular complexity index is 566. The molecule has 1 unspecified atom stereocenters. The fraction of sp³-hybridized carbons (Fsp3) is 0.250. The summed E-state index contributed by atoms with van der Waals surface area (Å²) in [7, 11) is 0. The van der Waals surface area contributed by atoms with Crippen LogP contribution in [-0.4, -0.2) is 6.04 Å². The van der Waals surface area contributed by atoms with Gasteiger partial charge in [-0.15, -0.1) is 0 Å². The molecule has 0 aliphatic carbocycles. The summed E-state index contributed by atoms with van der Waals surface area (Å²) in [6, 6.07) is 13.1. The van der Waals surface area contributed by atoms with Crippen molar-refractivity contribution < 1.29 is 4.74 Å². The third-order valence-electron chi connectivity index (χ3n) is 3.04. The van der Waals surface area contributed by atoms with Crippen molar-refractivity contribution in [1.82, 2.24) is 0 Å². The summed E-state index contributed by atoms with van der Waals surface area (Å²) < 4.78 is 5.89. The molecular formula is C16H17Cl2NO. The lowest BCUT2D eigenvalue weighted by atomic mass is 10.0. The minimum absolute atomic E-state index is 0.127. The third-order valence-corrected chi connectivity index (χ3v) is 3.48. The predicted octanol–water partition coefficient (Wildman–Crippen LogP) is 5.07. The Morgan fingerprint density at radius 2 is 1.75 bits per heavy atom. The molecule has 0 aliphatic rings. The Hall–Kier alpha value is -1.22. The molecule has 0 saturated heterocycles. The normalized spacial score (nSPS) is 12.2. The van der Waals surface area contributed by atoms with Crippen LogP contribution in [0, 0.1) is 0 Å². The number of ether oxygens (including phenoxy) is 1. The summed E-state index contributed by atoms with van der Waals surface area (Å²) >= 11 is 12.0. The van der Waals surface area contributed by atoms with Crippen molar-refractivity contribution in [2.24, 2.45) is 5.73 Å². The molecule has 0 aromatic heterocycles. The molecule has 106 valence electrons. The molecular weight excluding hydrogens is 293 g/mol. The molecule has 0 bridgehead atoms. The van der Waals surface area contributed by atoms with Gasteiger partial charge in [-0.25, -0.2) is 0 Å². The van der Waals surface area contributed by atoms with E-state index in [1.54, 1.807) is 18.2 Å². The molecule has 2 rings (SSSR count). The minimum Gasteiger partial charge on any atom is -0.457 e. The lowest BCUT2D eigenvalue weighted by Gasteiger charge is -2.14. The van der Waals surface area contributed by atoms with Crippen molar-refractivity contribution >= 4 is 23.2 Å². The summed E-state index contributed by atoms with van der Waals surface area (Å²) in [5.41, 5.74) is 7.10. The molecule has 0 heterocycles. The zero-order valence-electron chi connectivity index (χ0n) is 11.3. The molecule has 2 aromatic rings. The average Bonchev–Trinajstić information content (AvgIpc) is 2.39. The van der Waals surface area contributed by atoms with Gasteiger partial charge in [0.2, 0.25) is 0 Å². The highest BCUT2D eigenvalue weighted by molar-refractivity contribution is 6.34. The van der Waals surface area contributed by atoms with Crippen molar-refractivity contribution in [3.63, 3.8) is 0 Å². The summed E-state index contributed by atoms with van der Waals surface area (Å²) in [5, 5.41) is 1.10. The first-order valence-electron chi connectivity index (χ1n) is 6.56. The molecule has 2 N–H and O–H groups in total. The summed E-state index contributed by atoms with van der Waals surface area (Å²) in [4.78, 5) is 0. The van der Waals surface area contributed by atoms with E-state index in [9.17, 15) is 0 Å². The van der Waals surface area contributed by atoms with Crippen LogP contribution in [0.3, 0.4) is 0 Å². The second kappa shape index (κ2) is 6.98. The number of hydrogen-bond acceptors (Lipinski definition) is 2. The summed E-state index contributed by atoms with van der Waals surface area (Å²) in [6.07, 6.45) is 1.71. The Morgan fingerprint density at radius 1 is 1.10 bits per heavy atom. The van der Waals surface area contributed by atoms with Crippen LogP contribution in [0.4, 0.5) is 0 Å². The van der Waals surface area contributed by atoms with E-state index in [4.69, 9.17) is 33.7 Å². The van der Waals surface area contributed by atoms with Gasteiger partial charge < -0.3 is 10.5 Å². The van der Waals surface area contributed by atoms with E-state index in [0.29, 0.717) is 15.8 Å². The standard InChI is InChI=1S/C16H17Cl2NO/c1-2-14(19)7-11-5-3-4-6-16(11)20-15-9-12(17)8-13(18)10-15/h3-6,8-10,14H,2,7,19H2,1H3. The van der Waals surface area contributed by atoms with E-state index in [0.717, 1.165) is 24.2 Å². The largest absolute Gasteiger partial charge is 0.457 e. The third kappa shape index (κ3) is 4.14. The number of halogens is 2. The van der Waals surface area contributed by atoms with Gasteiger partial charge in [0, 0.05) is 16.1 Å². The van der Waals surface area contributed by atoms with Crippen LogP contribution in [0.2, 0.25) is 10.0 Å². The maximum Gasteiger partial charge on any atom is 0.130 e. The van der Waals surface area contributed by atoms with Gasteiger partial charge in [0.1, 0.15) is 11.5 Å². The van der Waals surface area contributed by atoms with E-state index in [1.807, 2.05) is 24.3 Å². The lowest BCUT2D eigenvalue weighted by Crippen LogP contribution is -2.21. The van der Waals surface area contributed by atoms with Crippen LogP contribution < -0.4 is 10.5 Å². The van der Waals surface area contributed by atoms with Gasteiger partial charge in [0.15, 0.2) is 0 Å². The second-order valence-electron chi connectivity index (χ2n) is 4.69. The SMILES string of the molecule is CCC(N)Cc1ccccc1Oc1cc(Cl)cc(Cl)c1. The Labute approximate surface area is 129 Å². The minimum atomic E-state index is 0.127. The number of para-hydroxylation sites is 1. The van der Waals surface area contributed by atoms with E-state index in [-0.39, 0.29) is 6.04 Å². The van der Waals surface area contributed by atoms with Gasteiger partial charge in [-0.1, -0.05) is 48.3 Å². The number of hydrogen-bond donors (Lipinski definition) is 1. The van der Waals surface area contributed by atoms with Crippen LogP contribution in [0.5, 0.6) is 11.5 Å². The van der Waals surface area contributed by atoms with Gasteiger partial charge in [-0.2, -0.15) is 0 Å². The van der Waals surface area contributed by atoms with E-state index in [1.165, 1.54) is 0 Å². The van der Waals surface area contributed by atoms with Crippen LogP contribution in [0.25, 0.3) is 0 Å². The highest BCUT2D eigenvalue weighted by Gasteiger charge is 2.09. The predicted molar refractivity (Wildman–Crippen MR) is 84.9 cm³/mol. The Morgan fingerprint density at radius 3 is 2.40 bits per heavy atom. The van der Waals surface area contributed by atoms with Crippen molar-refractivity contribution in [1.29, 1.82) is 0 Å². The first-order valence-corrected chi connectivity index (χ1v) is 7.31. The van der Waals surface area contributed by atoms with Crippen LogP contribution in [0.15, 0.2) is 42.5 Å². The van der Waals surface area contributed by atoms with Crippen LogP contribution in [-0.2, 0) is 6.42 Å². The van der Waals surface area contributed by atoms with Gasteiger partial charge >= 0.3 is 0 Å². The molecule has 0 fully saturated rings. The molecule has 0 radical (unpaired) electrons. The van der Waals surface area contributed by atoms with Crippen molar-refractivity contribution in [3.8, 4) is 11.5 Å². The maximum atomic E-state index is 6.02. The smallest absolute Gasteiger partial charge is 0.130 e. The van der Waals surface area contributed by atoms with E-state index in [2.05, 4.69) is 6.92 Å².